The van der Waals surface area contributed by atoms with Gasteiger partial charge in [0.2, 0.25) is 0 Å². The van der Waals surface area contributed by atoms with E-state index in [4.69, 9.17) is 5.11 Å². The summed E-state index contributed by atoms with van der Waals surface area (Å²) >= 11 is 0. The third kappa shape index (κ3) is 2.59. The SMILES string of the molecule is CCN1CCN(CCC(C)O)C1=O. The van der Waals surface area contributed by atoms with Crippen LogP contribution in [0.15, 0.2) is 0 Å². The molecule has 0 aromatic heterocycles. The predicted octanol–water partition coefficient (Wildman–Crippen LogP) is 0.515. The summed E-state index contributed by atoms with van der Waals surface area (Å²) in [5.41, 5.74) is 0. The first-order valence-electron chi connectivity index (χ1n) is 4.87. The number of amides is 2. The van der Waals surface area contributed by atoms with Crippen LogP contribution in [0.5, 0.6) is 0 Å². The lowest BCUT2D eigenvalue weighted by atomic mass is 10.3. The van der Waals surface area contributed by atoms with E-state index in [2.05, 4.69) is 0 Å². The van der Waals surface area contributed by atoms with Crippen molar-refractivity contribution in [3.8, 4) is 0 Å². The Bertz CT molecular complexity index is 182. The Morgan fingerprint density at radius 2 is 2.08 bits per heavy atom. The van der Waals surface area contributed by atoms with Gasteiger partial charge < -0.3 is 14.9 Å². The highest BCUT2D eigenvalue weighted by molar-refractivity contribution is 5.76. The second-order valence-electron chi connectivity index (χ2n) is 3.49. The molecule has 76 valence electrons. The molecule has 1 aliphatic rings. The Morgan fingerprint density at radius 3 is 2.54 bits per heavy atom. The molecule has 1 heterocycles. The van der Waals surface area contributed by atoms with E-state index in [-0.39, 0.29) is 12.1 Å². The molecule has 1 fully saturated rings. The third-order valence-corrected chi connectivity index (χ3v) is 2.38. The summed E-state index contributed by atoms with van der Waals surface area (Å²) in [6.07, 6.45) is 0.354. The first-order valence-corrected chi connectivity index (χ1v) is 4.87. The number of carbonyl (C=O) groups excluding carboxylic acids is 1. The van der Waals surface area contributed by atoms with Crippen LogP contribution in [0.1, 0.15) is 20.3 Å². The van der Waals surface area contributed by atoms with E-state index in [1.807, 2.05) is 11.8 Å². The number of hydrogen-bond donors (Lipinski definition) is 1. The molecule has 1 N–H and O–H groups in total. The highest BCUT2D eigenvalue weighted by Gasteiger charge is 2.26. The van der Waals surface area contributed by atoms with Gasteiger partial charge in [-0.15, -0.1) is 0 Å². The Labute approximate surface area is 79.1 Å². The number of aliphatic hydroxyl groups is 1. The van der Waals surface area contributed by atoms with Gasteiger partial charge in [-0.2, -0.15) is 0 Å². The molecule has 1 aliphatic heterocycles. The van der Waals surface area contributed by atoms with Gasteiger partial charge in [0, 0.05) is 26.2 Å². The molecule has 0 saturated carbocycles. The average Bonchev–Trinajstić information content (AvgIpc) is 2.43. The van der Waals surface area contributed by atoms with E-state index in [1.54, 1.807) is 11.8 Å². The van der Waals surface area contributed by atoms with Crippen LogP contribution in [0.25, 0.3) is 0 Å². The van der Waals surface area contributed by atoms with E-state index in [1.165, 1.54) is 0 Å². The zero-order chi connectivity index (χ0) is 9.84. The van der Waals surface area contributed by atoms with Crippen LogP contribution in [0, 0.1) is 0 Å². The van der Waals surface area contributed by atoms with Crippen LogP contribution in [-0.2, 0) is 0 Å². The minimum atomic E-state index is -0.316. The van der Waals surface area contributed by atoms with Crippen molar-refractivity contribution in [3.63, 3.8) is 0 Å². The second kappa shape index (κ2) is 4.46. The number of aliphatic hydroxyl groups excluding tert-OH is 1. The van der Waals surface area contributed by atoms with Gasteiger partial charge in [0.25, 0.3) is 0 Å². The van der Waals surface area contributed by atoms with Gasteiger partial charge in [-0.25, -0.2) is 4.79 Å². The van der Waals surface area contributed by atoms with E-state index in [0.29, 0.717) is 13.0 Å². The van der Waals surface area contributed by atoms with E-state index in [9.17, 15) is 4.79 Å². The molecule has 1 saturated heterocycles. The first-order chi connectivity index (χ1) is 6.15. The van der Waals surface area contributed by atoms with Gasteiger partial charge in [0.1, 0.15) is 0 Å². The lowest BCUT2D eigenvalue weighted by molar-refractivity contribution is 0.160. The van der Waals surface area contributed by atoms with E-state index < -0.39 is 0 Å². The summed E-state index contributed by atoms with van der Waals surface area (Å²) in [7, 11) is 0. The third-order valence-electron chi connectivity index (χ3n) is 2.38. The standard InChI is InChI=1S/C9H18N2O2/c1-3-10-6-7-11(9(10)13)5-4-8(2)12/h8,12H,3-7H2,1-2H3. The molecule has 1 unspecified atom stereocenters. The van der Waals surface area contributed by atoms with E-state index >= 15 is 0 Å². The van der Waals surface area contributed by atoms with Crippen LogP contribution in [-0.4, -0.2) is 53.2 Å². The molecule has 1 rings (SSSR count). The van der Waals surface area contributed by atoms with Crippen molar-refractivity contribution in [1.29, 1.82) is 0 Å². The monoisotopic (exact) mass is 186 g/mol. The molecular weight excluding hydrogens is 168 g/mol. The van der Waals surface area contributed by atoms with Crippen molar-refractivity contribution >= 4 is 6.03 Å². The maximum atomic E-state index is 11.5. The summed E-state index contributed by atoms with van der Waals surface area (Å²) in [4.78, 5) is 15.1. The summed E-state index contributed by atoms with van der Waals surface area (Å²) in [6.45, 7) is 6.82. The number of nitrogens with zero attached hydrogens (tertiary/aromatic N) is 2. The van der Waals surface area contributed by atoms with Crippen LogP contribution >= 0.6 is 0 Å². The van der Waals surface area contributed by atoms with Gasteiger partial charge in [-0.1, -0.05) is 0 Å². The molecule has 2 amide bonds. The maximum Gasteiger partial charge on any atom is 0.320 e. The highest BCUT2D eigenvalue weighted by Crippen LogP contribution is 2.08. The molecule has 1 atom stereocenters. The summed E-state index contributed by atoms with van der Waals surface area (Å²) < 4.78 is 0. The fraction of sp³-hybridized carbons (Fsp3) is 0.889. The minimum absolute atomic E-state index is 0.114. The zero-order valence-electron chi connectivity index (χ0n) is 8.36. The van der Waals surface area contributed by atoms with Gasteiger partial charge in [-0.3, -0.25) is 0 Å². The van der Waals surface area contributed by atoms with E-state index in [0.717, 1.165) is 19.6 Å². The Hall–Kier alpha value is -0.770. The molecule has 0 aromatic rings. The molecule has 0 aromatic carbocycles. The second-order valence-corrected chi connectivity index (χ2v) is 3.49. The van der Waals surface area contributed by atoms with Gasteiger partial charge in [0.05, 0.1) is 6.10 Å². The van der Waals surface area contributed by atoms with Crippen molar-refractivity contribution in [2.75, 3.05) is 26.2 Å². The van der Waals surface area contributed by atoms with Crippen LogP contribution < -0.4 is 0 Å². The van der Waals surface area contributed by atoms with Crippen LogP contribution in [0.2, 0.25) is 0 Å². The molecular formula is C9H18N2O2. The quantitative estimate of drug-likeness (QED) is 0.695. The van der Waals surface area contributed by atoms with Gasteiger partial charge >= 0.3 is 6.03 Å². The predicted molar refractivity (Wildman–Crippen MR) is 50.5 cm³/mol. The molecule has 0 spiro atoms. The molecule has 0 bridgehead atoms. The lowest BCUT2D eigenvalue weighted by Crippen LogP contribution is -2.33. The molecule has 4 nitrogen and oxygen atoms in total. The largest absolute Gasteiger partial charge is 0.393 e. The average molecular weight is 186 g/mol. The lowest BCUT2D eigenvalue weighted by Gasteiger charge is -2.17. The topological polar surface area (TPSA) is 43.8 Å². The summed E-state index contributed by atoms with van der Waals surface area (Å²) in [5.74, 6) is 0. The first kappa shape index (κ1) is 10.3. The van der Waals surface area contributed by atoms with Crippen molar-refractivity contribution in [2.45, 2.75) is 26.4 Å². The van der Waals surface area contributed by atoms with Crippen molar-refractivity contribution < 1.29 is 9.90 Å². The Balaban J connectivity index is 2.33. The molecule has 0 aliphatic carbocycles. The number of rotatable bonds is 4. The summed E-state index contributed by atoms with van der Waals surface area (Å²) in [6, 6.07) is 0.114. The molecule has 0 radical (unpaired) electrons. The number of hydrogen-bond acceptors (Lipinski definition) is 2. The zero-order valence-corrected chi connectivity index (χ0v) is 8.36. The highest BCUT2D eigenvalue weighted by atomic mass is 16.3. The maximum absolute atomic E-state index is 11.5. The number of urea groups is 1. The number of likely N-dealkylation sites (N-methyl/N-ethyl adjacent to an activating group) is 1. The van der Waals surface area contributed by atoms with Crippen LogP contribution in [0.4, 0.5) is 4.79 Å². The molecule has 13 heavy (non-hydrogen) atoms. The summed E-state index contributed by atoms with van der Waals surface area (Å²) in [5, 5.41) is 9.07. The normalized spacial score (nSPS) is 19.8. The fourth-order valence-electron chi connectivity index (χ4n) is 1.48. The van der Waals surface area contributed by atoms with Crippen molar-refractivity contribution in [3.05, 3.63) is 0 Å². The van der Waals surface area contributed by atoms with Crippen molar-refractivity contribution in [2.24, 2.45) is 0 Å². The van der Waals surface area contributed by atoms with Crippen LogP contribution in [0.3, 0.4) is 0 Å². The molecule has 4 heteroatoms. The number of carbonyl (C=O) groups is 1. The fourth-order valence-corrected chi connectivity index (χ4v) is 1.48. The van der Waals surface area contributed by atoms with Crippen molar-refractivity contribution in [1.82, 2.24) is 9.80 Å². The Kier molecular flexibility index (Phi) is 3.54. The van der Waals surface area contributed by atoms with Gasteiger partial charge in [-0.05, 0) is 20.3 Å². The Morgan fingerprint density at radius 1 is 1.46 bits per heavy atom. The smallest absolute Gasteiger partial charge is 0.320 e. The minimum Gasteiger partial charge on any atom is -0.393 e. The van der Waals surface area contributed by atoms with Gasteiger partial charge in [0.15, 0.2) is 0 Å².